The molecule has 20 heavy (non-hydrogen) atoms. The van der Waals surface area contributed by atoms with Gasteiger partial charge in [0.2, 0.25) is 0 Å². The van der Waals surface area contributed by atoms with Gasteiger partial charge < -0.3 is 13.6 Å². The molecule has 0 aromatic carbocycles. The highest BCUT2D eigenvalue weighted by molar-refractivity contribution is 6.66. The van der Waals surface area contributed by atoms with Crippen LogP contribution in [-0.4, -0.2) is 52.4 Å². The summed E-state index contributed by atoms with van der Waals surface area (Å²) in [5, 5.41) is 0. The van der Waals surface area contributed by atoms with E-state index in [2.05, 4.69) is 4.57 Å². The van der Waals surface area contributed by atoms with E-state index >= 15 is 0 Å². The van der Waals surface area contributed by atoms with E-state index in [0.29, 0.717) is 6.04 Å². The first-order valence-corrected chi connectivity index (χ1v) is 10.1. The standard InChI is InChI=1S/C15H29NO3Si/c1-17-20(18-2,15-10-6-12-19-15)16-11-5-8-13-7-3-4-9-14(13)16/h13-15H,3-12H2,1-2H3. The molecular weight excluding hydrogens is 270 g/mol. The molecule has 0 spiro atoms. The van der Waals surface area contributed by atoms with Crippen LogP contribution >= 0.6 is 0 Å². The van der Waals surface area contributed by atoms with Gasteiger partial charge in [-0.1, -0.05) is 12.8 Å². The smallest absolute Gasteiger partial charge is 0.384 e. The zero-order valence-corrected chi connectivity index (χ0v) is 14.0. The summed E-state index contributed by atoms with van der Waals surface area (Å²) in [7, 11) is 1.27. The summed E-state index contributed by atoms with van der Waals surface area (Å²) in [6, 6.07) is 0.674. The molecule has 3 fully saturated rings. The van der Waals surface area contributed by atoms with Crippen molar-refractivity contribution in [3.63, 3.8) is 0 Å². The molecule has 2 aliphatic heterocycles. The fourth-order valence-corrected chi connectivity index (χ4v) is 8.34. The maximum absolute atomic E-state index is 6.08. The van der Waals surface area contributed by atoms with Crippen molar-refractivity contribution in [2.24, 2.45) is 5.92 Å². The first-order valence-electron chi connectivity index (χ1n) is 8.30. The summed E-state index contributed by atoms with van der Waals surface area (Å²) >= 11 is 0. The van der Waals surface area contributed by atoms with Crippen LogP contribution in [0.3, 0.4) is 0 Å². The number of piperidine rings is 1. The van der Waals surface area contributed by atoms with Gasteiger partial charge in [-0.15, -0.1) is 0 Å². The van der Waals surface area contributed by atoms with Gasteiger partial charge in [0.1, 0.15) is 5.73 Å². The lowest BCUT2D eigenvalue weighted by atomic mass is 9.79. The van der Waals surface area contributed by atoms with E-state index in [4.69, 9.17) is 13.6 Å². The molecule has 1 saturated carbocycles. The quantitative estimate of drug-likeness (QED) is 0.747. The topological polar surface area (TPSA) is 30.9 Å². The van der Waals surface area contributed by atoms with Crippen LogP contribution < -0.4 is 0 Å². The Morgan fingerprint density at radius 3 is 2.40 bits per heavy atom. The molecule has 5 heteroatoms. The van der Waals surface area contributed by atoms with Crippen LogP contribution in [0.4, 0.5) is 0 Å². The van der Waals surface area contributed by atoms with Gasteiger partial charge >= 0.3 is 8.72 Å². The number of hydrogen-bond donors (Lipinski definition) is 0. The fourth-order valence-electron chi connectivity index (χ4n) is 4.64. The Bertz CT molecular complexity index is 316. The van der Waals surface area contributed by atoms with Crippen molar-refractivity contribution in [1.82, 2.24) is 4.57 Å². The molecular formula is C15H29NO3Si. The van der Waals surface area contributed by atoms with Crippen molar-refractivity contribution >= 4 is 8.72 Å². The predicted octanol–water partition coefficient (Wildman–Crippen LogP) is 2.59. The molecule has 116 valence electrons. The van der Waals surface area contributed by atoms with Crippen LogP contribution in [0.1, 0.15) is 51.4 Å². The van der Waals surface area contributed by atoms with E-state index < -0.39 is 8.72 Å². The molecule has 0 radical (unpaired) electrons. The summed E-state index contributed by atoms with van der Waals surface area (Å²) in [5.41, 5.74) is 0.193. The van der Waals surface area contributed by atoms with Crippen LogP contribution in [0.2, 0.25) is 0 Å². The van der Waals surface area contributed by atoms with Gasteiger partial charge in [-0.2, -0.15) is 0 Å². The summed E-state index contributed by atoms with van der Waals surface area (Å²) in [6.45, 7) is 2.00. The third kappa shape index (κ3) is 2.48. The molecule has 0 amide bonds. The van der Waals surface area contributed by atoms with Crippen LogP contribution in [0.15, 0.2) is 0 Å². The van der Waals surface area contributed by atoms with Gasteiger partial charge in [-0.3, -0.25) is 4.57 Å². The molecule has 0 aromatic rings. The fraction of sp³-hybridized carbons (Fsp3) is 1.00. The molecule has 2 heterocycles. The first-order chi connectivity index (χ1) is 9.81. The van der Waals surface area contributed by atoms with E-state index in [-0.39, 0.29) is 5.73 Å². The summed E-state index contributed by atoms with van der Waals surface area (Å²) in [6.07, 6.45) is 10.4. The van der Waals surface area contributed by atoms with E-state index in [1.807, 2.05) is 14.2 Å². The molecule has 0 aromatic heterocycles. The molecule has 0 bridgehead atoms. The molecule has 1 aliphatic carbocycles. The second-order valence-corrected chi connectivity index (χ2v) is 9.78. The Morgan fingerprint density at radius 2 is 1.70 bits per heavy atom. The highest BCUT2D eigenvalue weighted by atomic mass is 28.4. The third-order valence-electron chi connectivity index (χ3n) is 5.57. The lowest BCUT2D eigenvalue weighted by Crippen LogP contribution is -2.70. The lowest BCUT2D eigenvalue weighted by molar-refractivity contribution is 0.0205. The number of hydrogen-bond acceptors (Lipinski definition) is 4. The minimum absolute atomic E-state index is 0.193. The Hall–Kier alpha value is 0.0569. The average Bonchev–Trinajstić information content (AvgIpc) is 3.04. The molecule has 4 nitrogen and oxygen atoms in total. The van der Waals surface area contributed by atoms with Gasteiger partial charge in [0.25, 0.3) is 0 Å². The average molecular weight is 299 g/mol. The van der Waals surface area contributed by atoms with Gasteiger partial charge in [0.15, 0.2) is 0 Å². The zero-order valence-electron chi connectivity index (χ0n) is 13.0. The van der Waals surface area contributed by atoms with E-state index in [9.17, 15) is 0 Å². The minimum Gasteiger partial charge on any atom is -0.384 e. The van der Waals surface area contributed by atoms with Gasteiger partial charge in [0.05, 0.1) is 0 Å². The number of ether oxygens (including phenoxy) is 1. The zero-order chi connectivity index (χ0) is 14.0. The lowest BCUT2D eigenvalue weighted by Gasteiger charge is -2.51. The SMILES string of the molecule is CO[Si](OC)(C1CCCO1)N1CCCC2CCCCC21. The maximum Gasteiger partial charge on any atom is 0.457 e. The summed E-state index contributed by atoms with van der Waals surface area (Å²) < 4.78 is 20.8. The highest BCUT2D eigenvalue weighted by Crippen LogP contribution is 2.40. The van der Waals surface area contributed by atoms with Crippen molar-refractivity contribution in [2.45, 2.75) is 63.1 Å². The second-order valence-electron chi connectivity index (χ2n) is 6.49. The molecule has 0 N–H and O–H groups in total. The van der Waals surface area contributed by atoms with Gasteiger partial charge in [-0.25, -0.2) is 0 Å². The van der Waals surface area contributed by atoms with Crippen LogP contribution in [0, 0.1) is 5.92 Å². The van der Waals surface area contributed by atoms with Gasteiger partial charge in [0, 0.05) is 26.9 Å². The Morgan fingerprint density at radius 1 is 0.950 bits per heavy atom. The molecule has 2 saturated heterocycles. The van der Waals surface area contributed by atoms with Crippen molar-refractivity contribution in [3.8, 4) is 0 Å². The van der Waals surface area contributed by atoms with E-state index in [1.54, 1.807) is 0 Å². The highest BCUT2D eigenvalue weighted by Gasteiger charge is 2.57. The Labute approximate surface area is 124 Å². The Kier molecular flexibility index (Phi) is 4.82. The van der Waals surface area contributed by atoms with Crippen LogP contribution in [0.5, 0.6) is 0 Å². The molecule has 3 rings (SSSR count). The Balaban J connectivity index is 1.84. The first kappa shape index (κ1) is 15.0. The van der Waals surface area contributed by atoms with E-state index in [0.717, 1.165) is 31.9 Å². The molecule has 3 atom stereocenters. The second kappa shape index (κ2) is 6.44. The summed E-state index contributed by atoms with van der Waals surface area (Å²) in [5.74, 6) is 0.857. The maximum atomic E-state index is 6.08. The number of fused-ring (bicyclic) bond motifs is 1. The molecule has 3 aliphatic rings. The number of nitrogens with zero attached hydrogens (tertiary/aromatic N) is 1. The molecule has 3 unspecified atom stereocenters. The monoisotopic (exact) mass is 299 g/mol. The minimum atomic E-state index is -2.41. The normalized spacial score (nSPS) is 36.0. The van der Waals surface area contributed by atoms with E-state index in [1.165, 1.54) is 38.5 Å². The van der Waals surface area contributed by atoms with Gasteiger partial charge in [-0.05, 0) is 51.0 Å². The van der Waals surface area contributed by atoms with Crippen molar-refractivity contribution in [1.29, 1.82) is 0 Å². The third-order valence-corrected chi connectivity index (χ3v) is 9.36. The largest absolute Gasteiger partial charge is 0.457 e. The predicted molar refractivity (Wildman–Crippen MR) is 80.4 cm³/mol. The van der Waals surface area contributed by atoms with Crippen molar-refractivity contribution < 1.29 is 13.6 Å². The number of rotatable bonds is 4. The van der Waals surface area contributed by atoms with Crippen LogP contribution in [0.25, 0.3) is 0 Å². The van der Waals surface area contributed by atoms with Crippen molar-refractivity contribution in [2.75, 3.05) is 27.4 Å². The van der Waals surface area contributed by atoms with Crippen LogP contribution in [-0.2, 0) is 13.6 Å². The van der Waals surface area contributed by atoms with Crippen molar-refractivity contribution in [3.05, 3.63) is 0 Å². The summed E-state index contributed by atoms with van der Waals surface area (Å²) in [4.78, 5) is 0.